The summed E-state index contributed by atoms with van der Waals surface area (Å²) in [5.74, 6) is 1.52. The van der Waals surface area contributed by atoms with Gasteiger partial charge in [0.1, 0.15) is 5.82 Å². The first-order valence-corrected chi connectivity index (χ1v) is 7.04. The SMILES string of the molecule is CN(c1ncc(Cl)cc1Br)C1CCCC1CN. The van der Waals surface area contributed by atoms with Gasteiger partial charge in [0.15, 0.2) is 0 Å². The molecule has 1 aliphatic carbocycles. The first kappa shape index (κ1) is 13.1. The lowest BCUT2D eigenvalue weighted by Crippen LogP contribution is -2.38. The molecule has 3 nitrogen and oxygen atoms in total. The lowest BCUT2D eigenvalue weighted by molar-refractivity contribution is 0.472. The lowest BCUT2D eigenvalue weighted by atomic mass is 10.0. The number of hydrogen-bond donors (Lipinski definition) is 1. The molecule has 0 bridgehead atoms. The predicted molar refractivity (Wildman–Crippen MR) is 75.5 cm³/mol. The van der Waals surface area contributed by atoms with E-state index in [9.17, 15) is 0 Å². The Kier molecular flexibility index (Phi) is 4.28. The fourth-order valence-electron chi connectivity index (χ4n) is 2.63. The van der Waals surface area contributed by atoms with Crippen molar-refractivity contribution in [2.75, 3.05) is 18.5 Å². The normalized spacial score (nSPS) is 24.0. The largest absolute Gasteiger partial charge is 0.355 e. The van der Waals surface area contributed by atoms with Crippen LogP contribution in [0.4, 0.5) is 5.82 Å². The van der Waals surface area contributed by atoms with Crippen molar-refractivity contribution in [1.82, 2.24) is 4.98 Å². The van der Waals surface area contributed by atoms with Gasteiger partial charge in [0.05, 0.1) is 9.50 Å². The van der Waals surface area contributed by atoms with E-state index in [0.717, 1.165) is 16.8 Å². The number of anilines is 1. The average molecular weight is 319 g/mol. The number of aromatic nitrogens is 1. The van der Waals surface area contributed by atoms with Gasteiger partial charge < -0.3 is 10.6 Å². The minimum Gasteiger partial charge on any atom is -0.355 e. The van der Waals surface area contributed by atoms with Crippen molar-refractivity contribution in [3.05, 3.63) is 21.8 Å². The topological polar surface area (TPSA) is 42.2 Å². The molecule has 94 valence electrons. The average Bonchev–Trinajstić information content (AvgIpc) is 2.76. The van der Waals surface area contributed by atoms with Gasteiger partial charge in [0.25, 0.3) is 0 Å². The summed E-state index contributed by atoms with van der Waals surface area (Å²) in [7, 11) is 2.08. The van der Waals surface area contributed by atoms with E-state index in [0.29, 0.717) is 17.0 Å². The molecule has 1 aromatic rings. The zero-order valence-corrected chi connectivity index (χ0v) is 12.2. The molecule has 1 aliphatic rings. The second-order valence-electron chi connectivity index (χ2n) is 4.56. The van der Waals surface area contributed by atoms with Crippen LogP contribution in [0.2, 0.25) is 5.02 Å². The molecule has 2 rings (SSSR count). The summed E-state index contributed by atoms with van der Waals surface area (Å²) >= 11 is 9.42. The van der Waals surface area contributed by atoms with Crippen molar-refractivity contribution in [2.45, 2.75) is 25.3 Å². The third kappa shape index (κ3) is 2.75. The summed E-state index contributed by atoms with van der Waals surface area (Å²) in [5.41, 5.74) is 5.82. The zero-order chi connectivity index (χ0) is 12.4. The van der Waals surface area contributed by atoms with E-state index in [1.807, 2.05) is 6.07 Å². The maximum atomic E-state index is 5.91. The summed E-state index contributed by atoms with van der Waals surface area (Å²) in [6, 6.07) is 2.37. The number of rotatable bonds is 3. The van der Waals surface area contributed by atoms with E-state index in [-0.39, 0.29) is 0 Å². The molecule has 17 heavy (non-hydrogen) atoms. The highest BCUT2D eigenvalue weighted by Gasteiger charge is 2.30. The van der Waals surface area contributed by atoms with Gasteiger partial charge in [-0.3, -0.25) is 0 Å². The summed E-state index contributed by atoms with van der Waals surface area (Å²) in [6.07, 6.45) is 5.35. The number of halogens is 2. The molecule has 1 heterocycles. The van der Waals surface area contributed by atoms with Crippen LogP contribution >= 0.6 is 27.5 Å². The van der Waals surface area contributed by atoms with E-state index in [2.05, 4.69) is 32.9 Å². The van der Waals surface area contributed by atoms with Crippen LogP contribution in [0.15, 0.2) is 16.7 Å². The van der Waals surface area contributed by atoms with Crippen LogP contribution < -0.4 is 10.6 Å². The van der Waals surface area contributed by atoms with Crippen molar-refractivity contribution >= 4 is 33.3 Å². The molecule has 0 saturated heterocycles. The van der Waals surface area contributed by atoms with Crippen LogP contribution in [-0.2, 0) is 0 Å². The Balaban J connectivity index is 2.21. The van der Waals surface area contributed by atoms with Crippen molar-refractivity contribution in [3.8, 4) is 0 Å². The lowest BCUT2D eigenvalue weighted by Gasteiger charge is -2.30. The monoisotopic (exact) mass is 317 g/mol. The van der Waals surface area contributed by atoms with Crippen LogP contribution in [0.25, 0.3) is 0 Å². The van der Waals surface area contributed by atoms with E-state index < -0.39 is 0 Å². The Morgan fingerprint density at radius 2 is 2.35 bits per heavy atom. The third-order valence-corrected chi connectivity index (χ3v) is 4.33. The molecule has 0 spiro atoms. The highest BCUT2D eigenvalue weighted by atomic mass is 79.9. The number of hydrogen-bond acceptors (Lipinski definition) is 3. The van der Waals surface area contributed by atoms with Gasteiger partial charge in [-0.25, -0.2) is 4.98 Å². The third-order valence-electron chi connectivity index (χ3n) is 3.54. The highest BCUT2D eigenvalue weighted by Crippen LogP contribution is 2.34. The molecule has 2 atom stereocenters. The minimum absolute atomic E-state index is 0.491. The molecule has 0 amide bonds. The van der Waals surface area contributed by atoms with E-state index in [1.54, 1.807) is 6.20 Å². The maximum Gasteiger partial charge on any atom is 0.142 e. The number of pyridine rings is 1. The molecule has 0 aliphatic heterocycles. The van der Waals surface area contributed by atoms with Crippen LogP contribution in [0.3, 0.4) is 0 Å². The van der Waals surface area contributed by atoms with E-state index in [4.69, 9.17) is 17.3 Å². The van der Waals surface area contributed by atoms with Gasteiger partial charge in [0.2, 0.25) is 0 Å². The molecule has 0 radical (unpaired) electrons. The number of nitrogens with zero attached hydrogens (tertiary/aromatic N) is 2. The minimum atomic E-state index is 0.491. The highest BCUT2D eigenvalue weighted by molar-refractivity contribution is 9.10. The number of nitrogens with two attached hydrogens (primary N) is 1. The molecule has 1 fully saturated rings. The molecule has 1 aromatic heterocycles. The second kappa shape index (κ2) is 5.55. The van der Waals surface area contributed by atoms with Gasteiger partial charge in [-0.05, 0) is 47.3 Å². The van der Waals surface area contributed by atoms with Gasteiger partial charge >= 0.3 is 0 Å². The second-order valence-corrected chi connectivity index (χ2v) is 5.85. The Morgan fingerprint density at radius 3 is 3.00 bits per heavy atom. The molecule has 1 saturated carbocycles. The first-order chi connectivity index (χ1) is 8.13. The Morgan fingerprint density at radius 1 is 1.59 bits per heavy atom. The van der Waals surface area contributed by atoms with Gasteiger partial charge in [0, 0.05) is 19.3 Å². The van der Waals surface area contributed by atoms with Crippen LogP contribution in [0, 0.1) is 5.92 Å². The molecule has 2 N–H and O–H groups in total. The maximum absolute atomic E-state index is 5.91. The fourth-order valence-corrected chi connectivity index (χ4v) is 3.54. The zero-order valence-electron chi connectivity index (χ0n) is 9.87. The van der Waals surface area contributed by atoms with Gasteiger partial charge in [-0.2, -0.15) is 0 Å². The van der Waals surface area contributed by atoms with Crippen molar-refractivity contribution in [2.24, 2.45) is 11.7 Å². The Labute approximate surface area is 115 Å². The smallest absolute Gasteiger partial charge is 0.142 e. The summed E-state index contributed by atoms with van der Waals surface area (Å²) < 4.78 is 0.940. The summed E-state index contributed by atoms with van der Waals surface area (Å²) in [6.45, 7) is 0.750. The van der Waals surface area contributed by atoms with E-state index in [1.165, 1.54) is 19.3 Å². The van der Waals surface area contributed by atoms with Crippen molar-refractivity contribution in [1.29, 1.82) is 0 Å². The fraction of sp³-hybridized carbons (Fsp3) is 0.583. The van der Waals surface area contributed by atoms with E-state index >= 15 is 0 Å². The van der Waals surface area contributed by atoms with Crippen molar-refractivity contribution in [3.63, 3.8) is 0 Å². The van der Waals surface area contributed by atoms with Gasteiger partial charge in [-0.1, -0.05) is 18.0 Å². The van der Waals surface area contributed by atoms with Crippen LogP contribution in [0.1, 0.15) is 19.3 Å². The van der Waals surface area contributed by atoms with Crippen molar-refractivity contribution < 1.29 is 0 Å². The Bertz CT molecular complexity index is 399. The quantitative estimate of drug-likeness (QED) is 0.931. The molecule has 0 aromatic carbocycles. The van der Waals surface area contributed by atoms with Crippen LogP contribution in [-0.4, -0.2) is 24.6 Å². The molecular formula is C12H17BrClN3. The summed E-state index contributed by atoms with van der Waals surface area (Å²) in [5, 5.41) is 0.649. The first-order valence-electron chi connectivity index (χ1n) is 5.87. The van der Waals surface area contributed by atoms with Gasteiger partial charge in [-0.15, -0.1) is 0 Å². The molecular weight excluding hydrogens is 302 g/mol. The predicted octanol–water partition coefficient (Wildman–Crippen LogP) is 3.06. The molecule has 2 unspecified atom stereocenters. The standard InChI is InChI=1S/C12H17BrClN3/c1-17(11-4-2-3-8(11)6-15)12-10(13)5-9(14)7-16-12/h5,7-8,11H,2-4,6,15H2,1H3. The van der Waals surface area contributed by atoms with Crippen LogP contribution in [0.5, 0.6) is 0 Å². The molecule has 5 heteroatoms. The Hall–Kier alpha value is -0.320. The summed E-state index contributed by atoms with van der Waals surface area (Å²) in [4.78, 5) is 6.62.